The van der Waals surface area contributed by atoms with E-state index < -0.39 is 0 Å². The zero-order valence-electron chi connectivity index (χ0n) is 18.4. The number of anilines is 1. The molecule has 1 aliphatic rings. The van der Waals surface area contributed by atoms with Crippen LogP contribution in [0, 0.1) is 6.92 Å². The molecule has 7 nitrogen and oxygen atoms in total. The fraction of sp³-hybridized carbons (Fsp3) is 0.154. The standard InChI is InChI=1S/C26H21N5O2S/c1-16-6-4-9-18(12-16)31-24-21(14-27-31)25(33)30-19(15-34-26(30)29-24)13-23(32)28-22-11-5-8-17-7-2-3-10-20(17)22/h2-12,14,19H,13,15H2,1H3,(H,28,32). The second-order valence-corrected chi connectivity index (χ2v) is 9.43. The van der Waals surface area contributed by atoms with Crippen molar-refractivity contribution in [2.45, 2.75) is 24.5 Å². The van der Waals surface area contributed by atoms with Crippen LogP contribution in [0.1, 0.15) is 18.0 Å². The SMILES string of the molecule is Cc1cccc(-n2ncc3c(=O)n4c(nc32)SCC4CC(=O)Nc2cccc3ccccc23)c1. The molecule has 0 radical (unpaired) electrons. The summed E-state index contributed by atoms with van der Waals surface area (Å²) in [6, 6.07) is 21.4. The minimum atomic E-state index is -0.262. The number of aryl methyl sites for hydroxylation is 1. The molecule has 168 valence electrons. The summed E-state index contributed by atoms with van der Waals surface area (Å²) in [5.74, 6) is 0.493. The van der Waals surface area contributed by atoms with Gasteiger partial charge in [-0.2, -0.15) is 5.10 Å². The van der Waals surface area contributed by atoms with Crippen LogP contribution in [0.25, 0.3) is 27.5 Å². The molecule has 2 aromatic heterocycles. The molecule has 1 unspecified atom stereocenters. The van der Waals surface area contributed by atoms with E-state index in [9.17, 15) is 9.59 Å². The van der Waals surface area contributed by atoms with Crippen LogP contribution in [-0.2, 0) is 4.79 Å². The summed E-state index contributed by atoms with van der Waals surface area (Å²) in [5, 5.41) is 10.6. The quantitative estimate of drug-likeness (QED) is 0.387. The van der Waals surface area contributed by atoms with Crippen molar-refractivity contribution in [3.63, 3.8) is 0 Å². The molecule has 0 saturated heterocycles. The highest BCUT2D eigenvalue weighted by Crippen LogP contribution is 2.34. The Labute approximate surface area is 199 Å². The average Bonchev–Trinajstić information content (AvgIpc) is 3.44. The highest BCUT2D eigenvalue weighted by Gasteiger charge is 2.29. The maximum Gasteiger partial charge on any atom is 0.265 e. The summed E-state index contributed by atoms with van der Waals surface area (Å²) in [5.41, 5.74) is 3.11. The third-order valence-corrected chi connectivity index (χ3v) is 7.20. The van der Waals surface area contributed by atoms with Crippen molar-refractivity contribution in [1.29, 1.82) is 0 Å². The smallest absolute Gasteiger partial charge is 0.265 e. The van der Waals surface area contributed by atoms with Gasteiger partial charge in [-0.3, -0.25) is 14.2 Å². The highest BCUT2D eigenvalue weighted by molar-refractivity contribution is 7.99. The van der Waals surface area contributed by atoms with Gasteiger partial charge in [0, 0.05) is 23.2 Å². The van der Waals surface area contributed by atoms with E-state index in [0.717, 1.165) is 27.7 Å². The zero-order chi connectivity index (χ0) is 23.2. The van der Waals surface area contributed by atoms with Crippen molar-refractivity contribution in [2.24, 2.45) is 0 Å². The third-order valence-electron chi connectivity index (χ3n) is 6.10. The van der Waals surface area contributed by atoms with E-state index in [1.165, 1.54) is 11.8 Å². The van der Waals surface area contributed by atoms with Crippen LogP contribution in [0.5, 0.6) is 0 Å². The van der Waals surface area contributed by atoms with Gasteiger partial charge in [0.15, 0.2) is 10.8 Å². The van der Waals surface area contributed by atoms with Crippen LogP contribution in [-0.4, -0.2) is 31.0 Å². The van der Waals surface area contributed by atoms with Crippen LogP contribution in [0.3, 0.4) is 0 Å². The van der Waals surface area contributed by atoms with Crippen LogP contribution in [0.2, 0.25) is 0 Å². The molecule has 5 aromatic rings. The summed E-state index contributed by atoms with van der Waals surface area (Å²) in [7, 11) is 0. The molecular formula is C26H21N5O2S. The first-order valence-corrected chi connectivity index (χ1v) is 12.0. The first-order chi connectivity index (χ1) is 16.6. The number of hydrogen-bond acceptors (Lipinski definition) is 5. The lowest BCUT2D eigenvalue weighted by Crippen LogP contribution is -2.27. The second-order valence-electron chi connectivity index (χ2n) is 8.45. The molecule has 0 spiro atoms. The molecule has 0 bridgehead atoms. The molecule has 8 heteroatoms. The molecule has 1 atom stereocenters. The Bertz CT molecular complexity index is 1630. The van der Waals surface area contributed by atoms with E-state index in [-0.39, 0.29) is 23.9 Å². The predicted molar refractivity (Wildman–Crippen MR) is 135 cm³/mol. The van der Waals surface area contributed by atoms with E-state index in [1.807, 2.05) is 73.7 Å². The molecule has 34 heavy (non-hydrogen) atoms. The van der Waals surface area contributed by atoms with E-state index in [2.05, 4.69) is 10.4 Å². The zero-order valence-corrected chi connectivity index (χ0v) is 19.2. The Hall–Kier alpha value is -3.91. The van der Waals surface area contributed by atoms with Crippen molar-refractivity contribution < 1.29 is 4.79 Å². The Morgan fingerprint density at radius 2 is 1.91 bits per heavy atom. The van der Waals surface area contributed by atoms with Crippen molar-refractivity contribution in [3.8, 4) is 5.69 Å². The molecule has 6 rings (SSSR count). The lowest BCUT2D eigenvalue weighted by atomic mass is 10.1. The Morgan fingerprint density at radius 1 is 1.09 bits per heavy atom. The molecule has 0 aliphatic carbocycles. The summed E-state index contributed by atoms with van der Waals surface area (Å²) >= 11 is 1.50. The molecule has 1 N–H and O–H groups in total. The topological polar surface area (TPSA) is 81.8 Å². The number of carbonyl (C=O) groups is 1. The Morgan fingerprint density at radius 3 is 2.79 bits per heavy atom. The fourth-order valence-corrected chi connectivity index (χ4v) is 5.61. The lowest BCUT2D eigenvalue weighted by Gasteiger charge is -2.14. The van der Waals surface area contributed by atoms with Crippen molar-refractivity contribution in [1.82, 2.24) is 19.3 Å². The van der Waals surface area contributed by atoms with Gasteiger partial charge in [-0.15, -0.1) is 0 Å². The van der Waals surface area contributed by atoms with Crippen LogP contribution < -0.4 is 10.9 Å². The summed E-state index contributed by atoms with van der Waals surface area (Å²) in [6.45, 7) is 2.01. The number of amides is 1. The number of fused-ring (bicyclic) bond motifs is 3. The molecular weight excluding hydrogens is 446 g/mol. The fourth-order valence-electron chi connectivity index (χ4n) is 4.48. The number of hydrogen-bond donors (Lipinski definition) is 1. The Balaban J connectivity index is 1.30. The van der Waals surface area contributed by atoms with Crippen LogP contribution in [0.15, 0.2) is 82.9 Å². The number of rotatable bonds is 4. The number of nitrogens with one attached hydrogen (secondary N) is 1. The maximum atomic E-state index is 13.4. The van der Waals surface area contributed by atoms with Gasteiger partial charge in [0.2, 0.25) is 5.91 Å². The van der Waals surface area contributed by atoms with Gasteiger partial charge in [0.1, 0.15) is 5.39 Å². The number of carbonyl (C=O) groups excluding carboxylic acids is 1. The molecule has 0 fully saturated rings. The first kappa shape index (κ1) is 20.7. The molecule has 0 saturated carbocycles. The number of benzene rings is 3. The van der Waals surface area contributed by atoms with Gasteiger partial charge in [0.05, 0.1) is 17.9 Å². The molecule has 3 heterocycles. The maximum absolute atomic E-state index is 13.4. The minimum Gasteiger partial charge on any atom is -0.325 e. The van der Waals surface area contributed by atoms with E-state index in [0.29, 0.717) is 21.9 Å². The van der Waals surface area contributed by atoms with E-state index >= 15 is 0 Å². The largest absolute Gasteiger partial charge is 0.325 e. The predicted octanol–water partition coefficient (Wildman–Crippen LogP) is 4.72. The third kappa shape index (κ3) is 3.47. The molecule has 1 amide bonds. The Kier molecular flexibility index (Phi) is 4.95. The summed E-state index contributed by atoms with van der Waals surface area (Å²) in [4.78, 5) is 31.1. The highest BCUT2D eigenvalue weighted by atomic mass is 32.2. The monoisotopic (exact) mass is 467 g/mol. The summed E-state index contributed by atoms with van der Waals surface area (Å²) < 4.78 is 3.35. The van der Waals surface area contributed by atoms with Gasteiger partial charge < -0.3 is 5.32 Å². The van der Waals surface area contributed by atoms with Gasteiger partial charge in [0.25, 0.3) is 5.56 Å². The number of nitrogens with zero attached hydrogens (tertiary/aromatic N) is 4. The average molecular weight is 468 g/mol. The summed E-state index contributed by atoms with van der Waals surface area (Å²) in [6.07, 6.45) is 1.76. The first-order valence-electron chi connectivity index (χ1n) is 11.1. The van der Waals surface area contributed by atoms with Gasteiger partial charge in [-0.1, -0.05) is 60.3 Å². The van der Waals surface area contributed by atoms with Crippen LogP contribution in [0.4, 0.5) is 5.69 Å². The molecule has 3 aromatic carbocycles. The van der Waals surface area contributed by atoms with Gasteiger partial charge in [-0.25, -0.2) is 9.67 Å². The number of aromatic nitrogens is 4. The van der Waals surface area contributed by atoms with E-state index in [1.54, 1.807) is 15.4 Å². The normalized spacial score (nSPS) is 15.0. The minimum absolute atomic E-state index is 0.128. The van der Waals surface area contributed by atoms with Crippen molar-refractivity contribution in [3.05, 3.63) is 88.8 Å². The van der Waals surface area contributed by atoms with Crippen molar-refractivity contribution in [2.75, 3.05) is 11.1 Å². The lowest BCUT2D eigenvalue weighted by molar-refractivity contribution is -0.116. The van der Waals surface area contributed by atoms with E-state index in [4.69, 9.17) is 4.98 Å². The van der Waals surface area contributed by atoms with Crippen LogP contribution >= 0.6 is 11.8 Å². The molecule has 1 aliphatic heterocycles. The van der Waals surface area contributed by atoms with Gasteiger partial charge >= 0.3 is 0 Å². The van der Waals surface area contributed by atoms with Gasteiger partial charge in [-0.05, 0) is 36.1 Å². The number of thioether (sulfide) groups is 1. The van der Waals surface area contributed by atoms with Crippen molar-refractivity contribution >= 4 is 45.2 Å². The second kappa shape index (κ2) is 8.14.